The Kier molecular flexibility index (Phi) is 5.05. The maximum atomic E-state index is 12.1. The van der Waals surface area contributed by atoms with Gasteiger partial charge >= 0.3 is 5.97 Å². The van der Waals surface area contributed by atoms with Gasteiger partial charge in [0.05, 0.1) is 5.92 Å². The zero-order valence-electron chi connectivity index (χ0n) is 11.0. The molecule has 104 valence electrons. The number of carbonyl (C=O) groups is 1. The van der Waals surface area contributed by atoms with Gasteiger partial charge in [-0.05, 0) is 24.6 Å². The maximum Gasteiger partial charge on any atom is 0.313 e. The van der Waals surface area contributed by atoms with Crippen LogP contribution in [0, 0.1) is 0 Å². The Bertz CT molecular complexity index is 576. The van der Waals surface area contributed by atoms with Gasteiger partial charge in [0.15, 0.2) is 0 Å². The molecule has 2 aromatic carbocycles. The molecule has 0 aliphatic carbocycles. The van der Waals surface area contributed by atoms with E-state index < -0.39 is 5.92 Å². The van der Waals surface area contributed by atoms with Gasteiger partial charge in [-0.2, -0.15) is 0 Å². The summed E-state index contributed by atoms with van der Waals surface area (Å²) in [6.45, 7) is 1.98. The molecule has 1 atom stereocenters. The van der Waals surface area contributed by atoms with Gasteiger partial charge in [-0.25, -0.2) is 0 Å². The highest BCUT2D eigenvalue weighted by molar-refractivity contribution is 6.36. The fourth-order valence-corrected chi connectivity index (χ4v) is 2.62. The lowest BCUT2D eigenvalue weighted by molar-refractivity contribution is -0.146. The lowest BCUT2D eigenvalue weighted by Crippen LogP contribution is -2.14. The average Bonchev–Trinajstić information content (AvgIpc) is 2.45. The lowest BCUT2D eigenvalue weighted by Gasteiger charge is -2.14. The standard InChI is InChI=1S/C16H14Cl2O2/c1-11(15-13(17)8-5-9-14(15)18)16(19)20-10-12-6-3-2-4-7-12/h2-9,11H,10H2,1H3. The highest BCUT2D eigenvalue weighted by Gasteiger charge is 2.22. The molecule has 1 unspecified atom stereocenters. The molecular weight excluding hydrogens is 295 g/mol. The first-order valence-corrected chi connectivity index (χ1v) is 6.99. The minimum atomic E-state index is -0.500. The fourth-order valence-electron chi connectivity index (χ4n) is 1.90. The van der Waals surface area contributed by atoms with Crippen LogP contribution in [-0.2, 0) is 16.1 Å². The van der Waals surface area contributed by atoms with Gasteiger partial charge in [0.1, 0.15) is 6.61 Å². The monoisotopic (exact) mass is 308 g/mol. The van der Waals surface area contributed by atoms with Crippen LogP contribution >= 0.6 is 23.2 Å². The topological polar surface area (TPSA) is 26.3 Å². The van der Waals surface area contributed by atoms with Crippen molar-refractivity contribution in [1.29, 1.82) is 0 Å². The predicted molar refractivity (Wildman–Crippen MR) is 81.1 cm³/mol. The number of hydrogen-bond acceptors (Lipinski definition) is 2. The molecule has 0 aliphatic heterocycles. The van der Waals surface area contributed by atoms with E-state index in [-0.39, 0.29) is 12.6 Å². The molecule has 4 heteroatoms. The summed E-state index contributed by atoms with van der Waals surface area (Å²) in [6.07, 6.45) is 0. The normalized spacial score (nSPS) is 11.9. The quantitative estimate of drug-likeness (QED) is 0.755. The largest absolute Gasteiger partial charge is 0.460 e. The average molecular weight is 309 g/mol. The Morgan fingerprint density at radius 1 is 1.05 bits per heavy atom. The third-order valence-electron chi connectivity index (χ3n) is 3.01. The molecule has 0 amide bonds. The van der Waals surface area contributed by atoms with Crippen LogP contribution in [0.1, 0.15) is 24.0 Å². The summed E-state index contributed by atoms with van der Waals surface area (Å²) < 4.78 is 5.30. The van der Waals surface area contributed by atoms with Crippen LogP contribution in [0.5, 0.6) is 0 Å². The molecule has 0 saturated carbocycles. The second-order valence-corrected chi connectivity index (χ2v) is 5.26. The number of ether oxygens (including phenoxy) is 1. The molecule has 0 heterocycles. The van der Waals surface area contributed by atoms with Crippen LogP contribution in [0.4, 0.5) is 0 Å². The zero-order chi connectivity index (χ0) is 14.5. The van der Waals surface area contributed by atoms with E-state index in [2.05, 4.69) is 0 Å². The summed E-state index contributed by atoms with van der Waals surface area (Å²) in [5.41, 5.74) is 1.55. The highest BCUT2D eigenvalue weighted by Crippen LogP contribution is 2.32. The van der Waals surface area contributed by atoms with E-state index in [1.165, 1.54) is 0 Å². The molecular formula is C16H14Cl2O2. The van der Waals surface area contributed by atoms with Crippen LogP contribution in [0.3, 0.4) is 0 Å². The summed E-state index contributed by atoms with van der Waals surface area (Å²) in [4.78, 5) is 12.1. The number of esters is 1. The molecule has 0 fully saturated rings. The molecule has 2 nitrogen and oxygen atoms in total. The van der Waals surface area contributed by atoms with Gasteiger partial charge < -0.3 is 4.74 Å². The van der Waals surface area contributed by atoms with E-state index in [1.54, 1.807) is 25.1 Å². The Morgan fingerprint density at radius 3 is 2.25 bits per heavy atom. The SMILES string of the molecule is CC(C(=O)OCc1ccccc1)c1c(Cl)cccc1Cl. The molecule has 0 aliphatic rings. The van der Waals surface area contributed by atoms with Crippen molar-refractivity contribution in [2.45, 2.75) is 19.4 Å². The minimum Gasteiger partial charge on any atom is -0.460 e. The van der Waals surface area contributed by atoms with E-state index in [0.717, 1.165) is 5.56 Å². The maximum absolute atomic E-state index is 12.1. The smallest absolute Gasteiger partial charge is 0.313 e. The molecule has 20 heavy (non-hydrogen) atoms. The van der Waals surface area contributed by atoms with Gasteiger partial charge in [-0.15, -0.1) is 0 Å². The summed E-state index contributed by atoms with van der Waals surface area (Å²) >= 11 is 12.2. The van der Waals surface area contributed by atoms with Gasteiger partial charge in [0.2, 0.25) is 0 Å². The fraction of sp³-hybridized carbons (Fsp3) is 0.188. The third-order valence-corrected chi connectivity index (χ3v) is 3.67. The third kappa shape index (κ3) is 3.53. The Morgan fingerprint density at radius 2 is 1.65 bits per heavy atom. The first-order chi connectivity index (χ1) is 9.59. The van der Waals surface area contributed by atoms with E-state index in [1.807, 2.05) is 30.3 Å². The first-order valence-electron chi connectivity index (χ1n) is 6.24. The minimum absolute atomic E-state index is 0.242. The summed E-state index contributed by atoms with van der Waals surface area (Å²) in [7, 11) is 0. The van der Waals surface area contributed by atoms with Crippen LogP contribution in [-0.4, -0.2) is 5.97 Å². The van der Waals surface area contributed by atoms with Gasteiger partial charge in [-0.1, -0.05) is 59.6 Å². The van der Waals surface area contributed by atoms with Crippen molar-refractivity contribution in [2.75, 3.05) is 0 Å². The molecule has 0 aromatic heterocycles. The van der Waals surface area contributed by atoms with Crippen molar-refractivity contribution in [1.82, 2.24) is 0 Å². The van der Waals surface area contributed by atoms with Gasteiger partial charge in [-0.3, -0.25) is 4.79 Å². The van der Waals surface area contributed by atoms with Crippen molar-refractivity contribution < 1.29 is 9.53 Å². The molecule has 0 bridgehead atoms. The van der Waals surface area contributed by atoms with Crippen molar-refractivity contribution in [3.05, 3.63) is 69.7 Å². The van der Waals surface area contributed by atoms with Crippen LogP contribution < -0.4 is 0 Å². The van der Waals surface area contributed by atoms with E-state index in [0.29, 0.717) is 15.6 Å². The Balaban J connectivity index is 2.06. The van der Waals surface area contributed by atoms with Gasteiger partial charge in [0, 0.05) is 15.6 Å². The first kappa shape index (κ1) is 14.9. The van der Waals surface area contributed by atoms with Crippen LogP contribution in [0.25, 0.3) is 0 Å². The van der Waals surface area contributed by atoms with E-state index in [4.69, 9.17) is 27.9 Å². The molecule has 0 radical (unpaired) electrons. The molecule has 0 N–H and O–H groups in total. The molecule has 0 spiro atoms. The van der Waals surface area contributed by atoms with Crippen LogP contribution in [0.15, 0.2) is 48.5 Å². The van der Waals surface area contributed by atoms with Crippen molar-refractivity contribution >= 4 is 29.2 Å². The van der Waals surface area contributed by atoms with Crippen LogP contribution in [0.2, 0.25) is 10.0 Å². The van der Waals surface area contributed by atoms with Crippen molar-refractivity contribution in [3.8, 4) is 0 Å². The number of halogens is 2. The number of hydrogen-bond donors (Lipinski definition) is 0. The summed E-state index contributed by atoms with van der Waals surface area (Å²) in [5.74, 6) is -0.844. The highest BCUT2D eigenvalue weighted by atomic mass is 35.5. The summed E-state index contributed by atoms with van der Waals surface area (Å²) in [6, 6.07) is 14.7. The second-order valence-electron chi connectivity index (χ2n) is 4.45. The zero-order valence-corrected chi connectivity index (χ0v) is 12.5. The van der Waals surface area contributed by atoms with Crippen molar-refractivity contribution in [3.63, 3.8) is 0 Å². The number of rotatable bonds is 4. The predicted octanol–water partition coefficient (Wildman–Crippen LogP) is 4.84. The molecule has 2 rings (SSSR count). The van der Waals surface area contributed by atoms with E-state index in [9.17, 15) is 4.79 Å². The number of benzene rings is 2. The molecule has 0 saturated heterocycles. The lowest BCUT2D eigenvalue weighted by atomic mass is 10.0. The van der Waals surface area contributed by atoms with Crippen molar-refractivity contribution in [2.24, 2.45) is 0 Å². The Hall–Kier alpha value is -1.51. The summed E-state index contributed by atoms with van der Waals surface area (Å²) in [5, 5.41) is 0.948. The van der Waals surface area contributed by atoms with E-state index >= 15 is 0 Å². The second kappa shape index (κ2) is 6.78. The van der Waals surface area contributed by atoms with Gasteiger partial charge in [0.25, 0.3) is 0 Å². The number of carbonyl (C=O) groups excluding carboxylic acids is 1. The Labute approximate surface area is 128 Å². The molecule has 2 aromatic rings.